The third-order valence-corrected chi connectivity index (χ3v) is 6.41. The highest BCUT2D eigenvalue weighted by Gasteiger charge is 2.65. The van der Waals surface area contributed by atoms with Crippen molar-refractivity contribution in [2.45, 2.75) is 43.1 Å². The van der Waals surface area contributed by atoms with Gasteiger partial charge in [-0.2, -0.15) is 39.5 Å². The fourth-order valence-corrected chi connectivity index (χ4v) is 4.38. The number of halogens is 10. The van der Waals surface area contributed by atoms with Crippen LogP contribution >= 0.6 is 15.9 Å². The molecule has 1 aliphatic heterocycles. The Kier molecular flexibility index (Phi) is 7.18. The van der Waals surface area contributed by atoms with Crippen LogP contribution in [-0.2, 0) is 24.3 Å². The first-order valence-corrected chi connectivity index (χ1v) is 10.6. The molecular formula is C20H15BrF9N3O3. The molecule has 1 amide bonds. The van der Waals surface area contributed by atoms with Crippen LogP contribution in [0.2, 0.25) is 0 Å². The van der Waals surface area contributed by atoms with Crippen LogP contribution < -0.4 is 10.2 Å². The number of pyridine rings is 1. The minimum atomic E-state index is -5.46. The second-order valence-electron chi connectivity index (χ2n) is 7.86. The minimum Gasteiger partial charge on any atom is -0.465 e. The molecule has 1 saturated heterocycles. The Balaban J connectivity index is 2.11. The Hall–Kier alpha value is -2.75. The molecule has 0 bridgehead atoms. The number of alkyl halides is 9. The summed E-state index contributed by atoms with van der Waals surface area (Å²) in [4.78, 5) is 15.3. The topological polar surface area (TPSA) is 85.7 Å². The number of amides is 1. The van der Waals surface area contributed by atoms with E-state index in [2.05, 4.69) is 20.9 Å². The summed E-state index contributed by atoms with van der Waals surface area (Å²) < 4.78 is 123. The third-order valence-electron chi connectivity index (χ3n) is 5.73. The van der Waals surface area contributed by atoms with E-state index in [9.17, 15) is 49.4 Å². The van der Waals surface area contributed by atoms with Crippen molar-refractivity contribution in [2.24, 2.45) is 0 Å². The molecule has 3 N–H and O–H groups in total. The highest BCUT2D eigenvalue weighted by molar-refractivity contribution is 9.10. The van der Waals surface area contributed by atoms with Crippen LogP contribution in [-0.4, -0.2) is 40.2 Å². The van der Waals surface area contributed by atoms with Crippen LogP contribution in [0.25, 0.3) is 0 Å². The molecule has 6 nitrogen and oxygen atoms in total. The van der Waals surface area contributed by atoms with Crippen LogP contribution in [0.5, 0.6) is 0 Å². The lowest BCUT2D eigenvalue weighted by atomic mass is 9.76. The van der Waals surface area contributed by atoms with E-state index in [-0.39, 0.29) is 40.7 Å². The predicted octanol–water partition coefficient (Wildman–Crippen LogP) is 5.68. The SMILES string of the molecule is O=C(O)NCc1ccc(N2CCC(c3cc(C(F)(F)F)cc(C(F)(F)F)c3)(C(F)(F)F)C2O)nc1Br. The number of anilines is 1. The first-order chi connectivity index (χ1) is 16.4. The van der Waals surface area contributed by atoms with E-state index in [1.54, 1.807) is 0 Å². The molecule has 1 fully saturated rings. The largest absolute Gasteiger partial charge is 0.465 e. The highest BCUT2D eigenvalue weighted by Crippen LogP contribution is 2.53. The average molecular weight is 596 g/mol. The van der Waals surface area contributed by atoms with Crippen LogP contribution in [0.4, 0.5) is 50.1 Å². The molecule has 0 radical (unpaired) electrons. The lowest BCUT2D eigenvalue weighted by molar-refractivity contribution is -0.211. The van der Waals surface area contributed by atoms with Crippen LogP contribution in [0.3, 0.4) is 0 Å². The molecule has 1 aliphatic rings. The van der Waals surface area contributed by atoms with Gasteiger partial charge in [-0.05, 0) is 52.2 Å². The summed E-state index contributed by atoms with van der Waals surface area (Å²) in [6, 6.07) is 2.02. The van der Waals surface area contributed by atoms with Gasteiger partial charge in [-0.25, -0.2) is 9.78 Å². The van der Waals surface area contributed by atoms with E-state index in [1.807, 2.05) is 5.32 Å². The molecule has 36 heavy (non-hydrogen) atoms. The predicted molar refractivity (Wildman–Crippen MR) is 109 cm³/mol. The summed E-state index contributed by atoms with van der Waals surface area (Å²) in [5, 5.41) is 21.5. The Morgan fingerprint density at radius 1 is 1.06 bits per heavy atom. The standard InChI is InChI=1S/C20H15BrF9N3O3/c21-14-9(8-31-16(35)36)1-2-13(32-14)33-4-3-17(15(33)34,20(28,29)30)10-5-11(18(22,23)24)7-12(6-10)19(25,26)27/h1-2,5-7,15,31,34H,3-4,8H2,(H,35,36). The first kappa shape index (κ1) is 27.8. The maximum absolute atomic E-state index is 14.4. The van der Waals surface area contributed by atoms with Crippen molar-refractivity contribution >= 4 is 27.8 Å². The van der Waals surface area contributed by atoms with Crippen LogP contribution in [0.15, 0.2) is 34.9 Å². The Labute approximate surface area is 204 Å². The van der Waals surface area contributed by atoms with Gasteiger partial charge in [-0.15, -0.1) is 0 Å². The van der Waals surface area contributed by atoms with Gasteiger partial charge < -0.3 is 20.4 Å². The van der Waals surface area contributed by atoms with Crippen LogP contribution in [0.1, 0.15) is 28.7 Å². The van der Waals surface area contributed by atoms with Crippen molar-refractivity contribution in [1.82, 2.24) is 10.3 Å². The molecule has 2 heterocycles. The molecule has 1 aromatic carbocycles. The maximum atomic E-state index is 14.4. The van der Waals surface area contributed by atoms with Crippen molar-refractivity contribution in [3.8, 4) is 0 Å². The van der Waals surface area contributed by atoms with Gasteiger partial charge >= 0.3 is 24.6 Å². The molecule has 3 rings (SSSR count). The monoisotopic (exact) mass is 595 g/mol. The number of benzene rings is 1. The fourth-order valence-electron chi connectivity index (χ4n) is 3.93. The van der Waals surface area contributed by atoms with Crippen molar-refractivity contribution in [3.05, 3.63) is 57.2 Å². The van der Waals surface area contributed by atoms with Crippen molar-refractivity contribution < 1.29 is 54.5 Å². The second kappa shape index (κ2) is 9.28. The van der Waals surface area contributed by atoms with E-state index in [4.69, 9.17) is 5.11 Å². The number of aliphatic hydroxyl groups is 1. The van der Waals surface area contributed by atoms with Gasteiger partial charge in [0.25, 0.3) is 0 Å². The molecule has 0 spiro atoms. The Bertz CT molecular complexity index is 1120. The lowest BCUT2D eigenvalue weighted by Gasteiger charge is -2.37. The molecule has 1 aromatic heterocycles. The van der Waals surface area contributed by atoms with E-state index in [1.165, 1.54) is 6.07 Å². The number of carbonyl (C=O) groups is 1. The summed E-state index contributed by atoms with van der Waals surface area (Å²) >= 11 is 3.02. The van der Waals surface area contributed by atoms with E-state index >= 15 is 0 Å². The van der Waals surface area contributed by atoms with Crippen LogP contribution in [0, 0.1) is 0 Å². The summed E-state index contributed by atoms with van der Waals surface area (Å²) in [5.74, 6) is -0.275. The molecule has 16 heteroatoms. The number of hydrogen-bond acceptors (Lipinski definition) is 4. The van der Waals surface area contributed by atoms with E-state index in [0.717, 1.165) is 6.07 Å². The molecule has 2 aromatic rings. The normalized spacial score (nSPS) is 21.1. The zero-order valence-corrected chi connectivity index (χ0v) is 19.1. The Morgan fingerprint density at radius 3 is 2.06 bits per heavy atom. The maximum Gasteiger partial charge on any atom is 0.416 e. The van der Waals surface area contributed by atoms with Gasteiger partial charge in [0.15, 0.2) is 0 Å². The van der Waals surface area contributed by atoms with Gasteiger partial charge in [-0.1, -0.05) is 6.07 Å². The summed E-state index contributed by atoms with van der Waals surface area (Å²) in [6.45, 7) is -0.854. The summed E-state index contributed by atoms with van der Waals surface area (Å²) in [5.41, 5.74) is -8.53. The van der Waals surface area contributed by atoms with Crippen molar-refractivity contribution in [3.63, 3.8) is 0 Å². The van der Waals surface area contributed by atoms with E-state index in [0.29, 0.717) is 4.90 Å². The molecule has 0 saturated carbocycles. The minimum absolute atomic E-state index is 0.0103. The number of aromatic nitrogens is 1. The zero-order valence-electron chi connectivity index (χ0n) is 17.6. The second-order valence-corrected chi connectivity index (χ2v) is 8.61. The third kappa shape index (κ3) is 5.19. The van der Waals surface area contributed by atoms with Crippen molar-refractivity contribution in [2.75, 3.05) is 11.4 Å². The average Bonchev–Trinajstić information content (AvgIpc) is 3.09. The van der Waals surface area contributed by atoms with E-state index < -0.39 is 65.9 Å². The number of nitrogens with zero attached hydrogens (tertiary/aromatic N) is 2. The number of carboxylic acid groups (broad SMARTS) is 1. The van der Waals surface area contributed by atoms with Gasteiger partial charge in [0.05, 0.1) is 11.1 Å². The summed E-state index contributed by atoms with van der Waals surface area (Å²) in [7, 11) is 0. The van der Waals surface area contributed by atoms with Gasteiger partial charge in [0.2, 0.25) is 0 Å². The highest BCUT2D eigenvalue weighted by atomic mass is 79.9. The quantitative estimate of drug-likeness (QED) is 0.313. The Morgan fingerprint density at radius 2 is 1.61 bits per heavy atom. The molecule has 2 atom stereocenters. The number of nitrogens with one attached hydrogen (secondary N) is 1. The molecule has 198 valence electrons. The molecular weight excluding hydrogens is 581 g/mol. The van der Waals surface area contributed by atoms with Crippen molar-refractivity contribution in [1.29, 1.82) is 0 Å². The lowest BCUT2D eigenvalue weighted by Crippen LogP contribution is -2.52. The molecule has 0 aliphatic carbocycles. The van der Waals surface area contributed by atoms with Gasteiger partial charge in [-0.3, -0.25) is 0 Å². The van der Waals surface area contributed by atoms with Gasteiger partial charge in [0, 0.05) is 18.7 Å². The first-order valence-electron chi connectivity index (χ1n) is 9.81. The molecule has 2 unspecified atom stereocenters. The fraction of sp³-hybridized carbons (Fsp3) is 0.400. The number of aliphatic hydroxyl groups excluding tert-OH is 1. The number of hydrogen-bond donors (Lipinski definition) is 3. The number of rotatable bonds is 4. The van der Waals surface area contributed by atoms with Gasteiger partial charge in [0.1, 0.15) is 22.1 Å². The zero-order chi connectivity index (χ0) is 27.3. The summed E-state index contributed by atoms with van der Waals surface area (Å²) in [6.07, 6.45) is -21.3. The smallest absolute Gasteiger partial charge is 0.416 e.